The van der Waals surface area contributed by atoms with Crippen LogP contribution in [0.3, 0.4) is 0 Å². The first kappa shape index (κ1) is 17.3. The highest BCUT2D eigenvalue weighted by atomic mass is 32.1. The monoisotopic (exact) mass is 377 g/mol. The van der Waals surface area contributed by atoms with Crippen LogP contribution in [0.15, 0.2) is 72.4 Å². The number of anilines is 1. The molecular weight excluding hydrogens is 358 g/mol. The molecule has 5 nitrogen and oxygen atoms in total. The standard InChI is InChI=1S/C21H19N3O2S/c25-21(10-9-19-7-4-12-27-19)23-16-5-3-6-18(13-16)26-15-17-14-24-11-2-1-8-20(24)22-17/h1-8,11-14H,9-10,15H2,(H,23,25). The Morgan fingerprint density at radius 2 is 2.11 bits per heavy atom. The zero-order chi connectivity index (χ0) is 18.5. The lowest BCUT2D eigenvalue weighted by Crippen LogP contribution is -2.12. The molecule has 1 N–H and O–H groups in total. The molecule has 0 bridgehead atoms. The topological polar surface area (TPSA) is 55.6 Å². The van der Waals surface area contributed by atoms with E-state index < -0.39 is 0 Å². The van der Waals surface area contributed by atoms with Gasteiger partial charge in [-0.1, -0.05) is 18.2 Å². The van der Waals surface area contributed by atoms with Gasteiger partial charge in [0.1, 0.15) is 18.0 Å². The van der Waals surface area contributed by atoms with E-state index in [4.69, 9.17) is 4.74 Å². The van der Waals surface area contributed by atoms with E-state index >= 15 is 0 Å². The Balaban J connectivity index is 1.33. The van der Waals surface area contributed by atoms with Gasteiger partial charge in [0.05, 0.1) is 5.69 Å². The highest BCUT2D eigenvalue weighted by Gasteiger charge is 2.06. The number of hydrogen-bond acceptors (Lipinski definition) is 4. The normalized spacial score (nSPS) is 10.8. The number of hydrogen-bond donors (Lipinski definition) is 1. The van der Waals surface area contributed by atoms with E-state index in [-0.39, 0.29) is 5.91 Å². The number of nitrogens with zero attached hydrogens (tertiary/aromatic N) is 2. The van der Waals surface area contributed by atoms with E-state index in [9.17, 15) is 4.79 Å². The zero-order valence-corrected chi connectivity index (χ0v) is 15.5. The van der Waals surface area contributed by atoms with Crippen LogP contribution in [0.4, 0.5) is 5.69 Å². The van der Waals surface area contributed by atoms with Crippen LogP contribution in [0.5, 0.6) is 5.75 Å². The second kappa shape index (κ2) is 8.05. The van der Waals surface area contributed by atoms with Crippen molar-refractivity contribution in [2.75, 3.05) is 5.32 Å². The van der Waals surface area contributed by atoms with Crippen molar-refractivity contribution in [1.29, 1.82) is 0 Å². The number of carbonyl (C=O) groups is 1. The third-order valence-corrected chi connectivity index (χ3v) is 5.03. The lowest BCUT2D eigenvalue weighted by atomic mass is 10.2. The van der Waals surface area contributed by atoms with Gasteiger partial charge in [-0.2, -0.15) is 0 Å². The van der Waals surface area contributed by atoms with Crippen LogP contribution in [0.1, 0.15) is 17.0 Å². The van der Waals surface area contributed by atoms with Crippen LogP contribution in [0.2, 0.25) is 0 Å². The fourth-order valence-electron chi connectivity index (χ4n) is 2.79. The number of amides is 1. The molecule has 0 atom stereocenters. The molecule has 6 heteroatoms. The van der Waals surface area contributed by atoms with Crippen LogP contribution in [0, 0.1) is 0 Å². The fraction of sp³-hybridized carbons (Fsp3) is 0.143. The number of carbonyl (C=O) groups excluding carboxylic acids is 1. The second-order valence-electron chi connectivity index (χ2n) is 6.14. The van der Waals surface area contributed by atoms with E-state index in [2.05, 4.69) is 10.3 Å². The van der Waals surface area contributed by atoms with Gasteiger partial charge in [0, 0.05) is 35.4 Å². The van der Waals surface area contributed by atoms with E-state index in [1.807, 2.05) is 76.8 Å². The summed E-state index contributed by atoms with van der Waals surface area (Å²) in [5.41, 5.74) is 2.48. The zero-order valence-electron chi connectivity index (χ0n) is 14.7. The van der Waals surface area contributed by atoms with Crippen LogP contribution >= 0.6 is 11.3 Å². The first-order valence-electron chi connectivity index (χ1n) is 8.74. The molecule has 4 aromatic rings. The van der Waals surface area contributed by atoms with E-state index in [0.29, 0.717) is 18.8 Å². The SMILES string of the molecule is O=C(CCc1cccs1)Nc1cccc(OCc2cn3ccccc3n2)c1. The van der Waals surface area contributed by atoms with E-state index in [1.54, 1.807) is 11.3 Å². The molecule has 0 spiro atoms. The molecule has 0 saturated heterocycles. The van der Waals surface area contributed by atoms with Crippen molar-refractivity contribution in [3.05, 3.63) is 82.9 Å². The Labute approximate surface area is 161 Å². The van der Waals surface area contributed by atoms with E-state index in [0.717, 1.165) is 23.4 Å². The number of aromatic nitrogens is 2. The largest absolute Gasteiger partial charge is 0.487 e. The molecular formula is C21H19N3O2S. The molecule has 0 aliphatic heterocycles. The van der Waals surface area contributed by atoms with Crippen LogP contribution in [-0.2, 0) is 17.8 Å². The number of rotatable bonds is 7. The summed E-state index contributed by atoms with van der Waals surface area (Å²) >= 11 is 1.67. The molecule has 0 fully saturated rings. The maximum absolute atomic E-state index is 12.1. The minimum Gasteiger partial charge on any atom is -0.487 e. The molecule has 0 saturated carbocycles. The van der Waals surface area contributed by atoms with Gasteiger partial charge in [-0.3, -0.25) is 4.79 Å². The Morgan fingerprint density at radius 1 is 1.15 bits per heavy atom. The number of thiophene rings is 1. The molecule has 1 aromatic carbocycles. The predicted octanol–water partition coefficient (Wildman–Crippen LogP) is 4.55. The maximum Gasteiger partial charge on any atom is 0.224 e. The summed E-state index contributed by atoms with van der Waals surface area (Å²) in [5.74, 6) is 0.698. The number of imidazole rings is 1. The van der Waals surface area contributed by atoms with Crippen molar-refractivity contribution in [1.82, 2.24) is 9.38 Å². The number of benzene rings is 1. The van der Waals surface area contributed by atoms with E-state index in [1.165, 1.54) is 4.88 Å². The highest BCUT2D eigenvalue weighted by molar-refractivity contribution is 7.09. The lowest BCUT2D eigenvalue weighted by molar-refractivity contribution is -0.116. The van der Waals surface area contributed by atoms with Crippen molar-refractivity contribution in [2.24, 2.45) is 0 Å². The summed E-state index contributed by atoms with van der Waals surface area (Å²) in [4.78, 5) is 17.9. The average Bonchev–Trinajstić information content (AvgIpc) is 3.34. The summed E-state index contributed by atoms with van der Waals surface area (Å²) < 4.78 is 7.80. The average molecular weight is 377 g/mol. The number of aryl methyl sites for hydroxylation is 1. The van der Waals surface area contributed by atoms with Crippen LogP contribution in [-0.4, -0.2) is 15.3 Å². The van der Waals surface area contributed by atoms with Crippen LogP contribution < -0.4 is 10.1 Å². The van der Waals surface area contributed by atoms with Crippen molar-refractivity contribution in [3.8, 4) is 5.75 Å². The number of fused-ring (bicyclic) bond motifs is 1. The summed E-state index contributed by atoms with van der Waals surface area (Å²) in [6.07, 6.45) is 5.13. The van der Waals surface area contributed by atoms with Gasteiger partial charge >= 0.3 is 0 Å². The molecule has 4 rings (SSSR count). The van der Waals surface area contributed by atoms with Crippen molar-refractivity contribution in [3.63, 3.8) is 0 Å². The number of ether oxygens (including phenoxy) is 1. The molecule has 3 aromatic heterocycles. The van der Waals surface area contributed by atoms with Crippen molar-refractivity contribution in [2.45, 2.75) is 19.4 Å². The molecule has 0 unspecified atom stereocenters. The predicted molar refractivity (Wildman–Crippen MR) is 107 cm³/mol. The molecule has 0 radical (unpaired) electrons. The summed E-state index contributed by atoms with van der Waals surface area (Å²) in [6, 6.07) is 17.4. The van der Waals surface area contributed by atoms with Crippen molar-refractivity contribution < 1.29 is 9.53 Å². The first-order chi connectivity index (χ1) is 13.3. The minimum absolute atomic E-state index is 0.000834. The smallest absolute Gasteiger partial charge is 0.224 e. The van der Waals surface area contributed by atoms with Gasteiger partial charge in [0.15, 0.2) is 0 Å². The summed E-state index contributed by atoms with van der Waals surface area (Å²) in [6.45, 7) is 0.372. The lowest BCUT2D eigenvalue weighted by Gasteiger charge is -2.08. The molecule has 0 aliphatic rings. The first-order valence-corrected chi connectivity index (χ1v) is 9.62. The summed E-state index contributed by atoms with van der Waals surface area (Å²) in [7, 11) is 0. The van der Waals surface area contributed by atoms with Gasteiger partial charge in [-0.15, -0.1) is 11.3 Å². The molecule has 1 amide bonds. The Kier molecular flexibility index (Phi) is 5.16. The third-order valence-electron chi connectivity index (χ3n) is 4.10. The van der Waals surface area contributed by atoms with Crippen LogP contribution in [0.25, 0.3) is 5.65 Å². The van der Waals surface area contributed by atoms with Gasteiger partial charge in [-0.25, -0.2) is 4.98 Å². The van der Waals surface area contributed by atoms with Gasteiger partial charge < -0.3 is 14.5 Å². The second-order valence-corrected chi connectivity index (χ2v) is 7.17. The third kappa shape index (κ3) is 4.54. The quantitative estimate of drug-likeness (QED) is 0.514. The molecule has 27 heavy (non-hydrogen) atoms. The summed E-state index contributed by atoms with van der Waals surface area (Å²) in [5, 5.41) is 4.96. The van der Waals surface area contributed by atoms with Crippen molar-refractivity contribution >= 4 is 28.6 Å². The fourth-order valence-corrected chi connectivity index (χ4v) is 3.50. The molecule has 3 heterocycles. The number of nitrogens with one attached hydrogen (secondary N) is 1. The Bertz CT molecular complexity index is 1010. The molecule has 0 aliphatic carbocycles. The highest BCUT2D eigenvalue weighted by Crippen LogP contribution is 2.19. The maximum atomic E-state index is 12.1. The van der Waals surface area contributed by atoms with Gasteiger partial charge in [0.2, 0.25) is 5.91 Å². The Morgan fingerprint density at radius 3 is 2.96 bits per heavy atom. The minimum atomic E-state index is 0.000834. The van der Waals surface area contributed by atoms with Gasteiger partial charge in [-0.05, 0) is 42.1 Å². The molecule has 136 valence electrons. The Hall–Kier alpha value is -3.12. The van der Waals surface area contributed by atoms with Gasteiger partial charge in [0.25, 0.3) is 0 Å². The number of pyridine rings is 1.